The first-order chi connectivity index (χ1) is 7.02. The van der Waals surface area contributed by atoms with Gasteiger partial charge in [-0.15, -0.1) is 17.0 Å². The van der Waals surface area contributed by atoms with Crippen LogP contribution in [-0.4, -0.2) is 12.6 Å². The monoisotopic (exact) mass is 283 g/mol. The summed E-state index contributed by atoms with van der Waals surface area (Å²) in [5.41, 5.74) is 3.74. The molecule has 1 aliphatic rings. The molecule has 2 nitrogen and oxygen atoms in total. The number of benzene rings is 1. The van der Waals surface area contributed by atoms with E-state index in [2.05, 4.69) is 44.3 Å². The number of anilines is 1. The van der Waals surface area contributed by atoms with Gasteiger partial charge in [0, 0.05) is 11.3 Å². The molecule has 0 bridgehead atoms. The van der Waals surface area contributed by atoms with Crippen LogP contribution in [0.4, 0.5) is 5.69 Å². The molecule has 0 atom stereocenters. The van der Waals surface area contributed by atoms with Gasteiger partial charge in [-0.3, -0.25) is 0 Å². The summed E-state index contributed by atoms with van der Waals surface area (Å²) in [5, 5.41) is 3.49. The van der Waals surface area contributed by atoms with Crippen molar-refractivity contribution in [2.75, 3.05) is 12.4 Å². The van der Waals surface area contributed by atoms with E-state index in [0.717, 1.165) is 5.75 Å². The number of nitrogens with one attached hydrogen (secondary N) is 1. The first-order valence-corrected chi connectivity index (χ1v) is 5.18. The number of rotatable bonds is 1. The maximum atomic E-state index is 5.23. The van der Waals surface area contributed by atoms with Crippen molar-refractivity contribution in [1.82, 2.24) is 0 Å². The van der Waals surface area contributed by atoms with Crippen molar-refractivity contribution in [3.05, 3.63) is 29.8 Å². The Bertz CT molecular complexity index is 424. The number of ether oxygens (including phenoxy) is 1. The molecular weight excluding hydrogens is 266 g/mol. The molecule has 0 unspecified atom stereocenters. The number of allylic oxidation sites excluding steroid dienone is 1. The van der Waals surface area contributed by atoms with Gasteiger partial charge >= 0.3 is 0 Å². The molecule has 0 aromatic heterocycles. The molecule has 0 spiro atoms. The van der Waals surface area contributed by atoms with Gasteiger partial charge in [-0.2, -0.15) is 0 Å². The second-order valence-electron chi connectivity index (χ2n) is 4.59. The summed E-state index contributed by atoms with van der Waals surface area (Å²) >= 11 is 0. The zero-order chi connectivity index (χ0) is 11.1. The fourth-order valence-electron chi connectivity index (χ4n) is 2.09. The number of methoxy groups -OCH3 is 1. The van der Waals surface area contributed by atoms with E-state index in [-0.39, 0.29) is 22.5 Å². The lowest BCUT2D eigenvalue weighted by Crippen LogP contribution is -2.31. The molecular formula is C13H18BrNO. The number of fused-ring (bicyclic) bond motifs is 1. The minimum absolute atomic E-state index is 0. The largest absolute Gasteiger partial charge is 0.497 e. The van der Waals surface area contributed by atoms with E-state index >= 15 is 0 Å². The third kappa shape index (κ3) is 2.40. The van der Waals surface area contributed by atoms with Gasteiger partial charge < -0.3 is 10.1 Å². The van der Waals surface area contributed by atoms with E-state index in [1.54, 1.807) is 7.11 Å². The van der Waals surface area contributed by atoms with Crippen LogP contribution in [0.25, 0.3) is 5.57 Å². The summed E-state index contributed by atoms with van der Waals surface area (Å²) in [7, 11) is 1.70. The van der Waals surface area contributed by atoms with Gasteiger partial charge in [-0.05, 0) is 44.5 Å². The summed E-state index contributed by atoms with van der Waals surface area (Å²) < 4.78 is 5.23. The van der Waals surface area contributed by atoms with E-state index in [9.17, 15) is 0 Å². The molecule has 0 saturated heterocycles. The molecule has 0 amide bonds. The Balaban J connectivity index is 0.00000128. The number of hydrogen-bond acceptors (Lipinski definition) is 2. The highest BCUT2D eigenvalue weighted by Crippen LogP contribution is 2.35. The molecule has 0 radical (unpaired) electrons. The van der Waals surface area contributed by atoms with Gasteiger partial charge in [0.2, 0.25) is 0 Å². The van der Waals surface area contributed by atoms with Crippen molar-refractivity contribution < 1.29 is 4.74 Å². The van der Waals surface area contributed by atoms with E-state index in [1.807, 2.05) is 6.07 Å². The summed E-state index contributed by atoms with van der Waals surface area (Å²) in [4.78, 5) is 0. The van der Waals surface area contributed by atoms with Crippen molar-refractivity contribution in [2.45, 2.75) is 26.3 Å². The normalized spacial score (nSPS) is 16.4. The van der Waals surface area contributed by atoms with Gasteiger partial charge in [0.25, 0.3) is 0 Å². The van der Waals surface area contributed by atoms with Crippen LogP contribution >= 0.6 is 17.0 Å². The van der Waals surface area contributed by atoms with Crippen molar-refractivity contribution in [2.24, 2.45) is 0 Å². The minimum atomic E-state index is 0. The molecule has 1 N–H and O–H groups in total. The Labute approximate surface area is 107 Å². The van der Waals surface area contributed by atoms with Crippen molar-refractivity contribution in [3.63, 3.8) is 0 Å². The fourth-order valence-corrected chi connectivity index (χ4v) is 2.09. The number of hydrogen-bond donors (Lipinski definition) is 1. The highest BCUT2D eigenvalue weighted by Gasteiger charge is 2.22. The molecule has 88 valence electrons. The Morgan fingerprint density at radius 2 is 1.94 bits per heavy atom. The Hall–Kier alpha value is -0.960. The lowest BCUT2D eigenvalue weighted by Gasteiger charge is -2.31. The molecule has 0 fully saturated rings. The van der Waals surface area contributed by atoms with Crippen LogP contribution in [0.1, 0.15) is 26.3 Å². The fraction of sp³-hybridized carbons (Fsp3) is 0.385. The quantitative estimate of drug-likeness (QED) is 0.845. The van der Waals surface area contributed by atoms with Crippen molar-refractivity contribution in [3.8, 4) is 5.75 Å². The third-order valence-corrected chi connectivity index (χ3v) is 2.69. The lowest BCUT2D eigenvalue weighted by molar-refractivity contribution is 0.414. The van der Waals surface area contributed by atoms with E-state index < -0.39 is 0 Å². The molecule has 3 heteroatoms. The predicted molar refractivity (Wildman–Crippen MR) is 74.7 cm³/mol. The van der Waals surface area contributed by atoms with Crippen molar-refractivity contribution in [1.29, 1.82) is 0 Å². The summed E-state index contributed by atoms with van der Waals surface area (Å²) in [5.74, 6) is 0.906. The molecule has 2 rings (SSSR count). The average molecular weight is 284 g/mol. The van der Waals surface area contributed by atoms with Crippen LogP contribution in [0.3, 0.4) is 0 Å². The molecule has 1 aliphatic heterocycles. The Morgan fingerprint density at radius 3 is 2.56 bits per heavy atom. The molecule has 1 heterocycles. The second kappa shape index (κ2) is 4.50. The SMILES string of the molecule is Br.COc1ccc2c(c1)C(C)=CC(C)(C)N2. The maximum Gasteiger partial charge on any atom is 0.119 e. The van der Waals surface area contributed by atoms with Gasteiger partial charge in [-0.1, -0.05) is 6.08 Å². The van der Waals surface area contributed by atoms with Crippen LogP contribution in [0.2, 0.25) is 0 Å². The minimum Gasteiger partial charge on any atom is -0.497 e. The highest BCUT2D eigenvalue weighted by atomic mass is 79.9. The molecule has 0 aliphatic carbocycles. The molecule has 16 heavy (non-hydrogen) atoms. The molecule has 0 saturated carbocycles. The summed E-state index contributed by atoms with van der Waals surface area (Å²) in [6, 6.07) is 6.14. The molecule has 1 aromatic rings. The van der Waals surface area contributed by atoms with E-state index in [0.29, 0.717) is 0 Å². The lowest BCUT2D eigenvalue weighted by atomic mass is 9.91. The second-order valence-corrected chi connectivity index (χ2v) is 4.59. The number of halogens is 1. The van der Waals surface area contributed by atoms with Crippen LogP contribution in [-0.2, 0) is 0 Å². The van der Waals surface area contributed by atoms with Gasteiger partial charge in [0.05, 0.1) is 12.6 Å². The van der Waals surface area contributed by atoms with Crippen LogP contribution in [0, 0.1) is 0 Å². The predicted octanol–water partition coefficient (Wildman–Crippen LogP) is 3.88. The first kappa shape index (κ1) is 13.1. The standard InChI is InChI=1S/C13H17NO.BrH/c1-9-8-13(2,3)14-12-6-5-10(15-4)7-11(9)12;/h5-8,14H,1-4H3;1H. The third-order valence-electron chi connectivity index (χ3n) is 2.69. The van der Waals surface area contributed by atoms with E-state index in [4.69, 9.17) is 4.74 Å². The van der Waals surface area contributed by atoms with Gasteiger partial charge in [0.1, 0.15) is 5.75 Å². The van der Waals surface area contributed by atoms with Crippen LogP contribution in [0.5, 0.6) is 5.75 Å². The van der Waals surface area contributed by atoms with Gasteiger partial charge in [-0.25, -0.2) is 0 Å². The Kier molecular flexibility index (Phi) is 3.68. The average Bonchev–Trinajstić information content (AvgIpc) is 2.15. The maximum absolute atomic E-state index is 5.23. The van der Waals surface area contributed by atoms with Crippen LogP contribution in [0.15, 0.2) is 24.3 Å². The highest BCUT2D eigenvalue weighted by molar-refractivity contribution is 8.93. The Morgan fingerprint density at radius 1 is 1.25 bits per heavy atom. The van der Waals surface area contributed by atoms with Gasteiger partial charge in [0.15, 0.2) is 0 Å². The summed E-state index contributed by atoms with van der Waals surface area (Å²) in [6.07, 6.45) is 2.24. The smallest absolute Gasteiger partial charge is 0.119 e. The first-order valence-electron chi connectivity index (χ1n) is 5.18. The zero-order valence-corrected chi connectivity index (χ0v) is 11.8. The van der Waals surface area contributed by atoms with Crippen LogP contribution < -0.4 is 10.1 Å². The summed E-state index contributed by atoms with van der Waals surface area (Å²) in [6.45, 7) is 6.48. The molecule has 1 aromatic carbocycles. The van der Waals surface area contributed by atoms with Crippen molar-refractivity contribution >= 4 is 28.2 Å². The zero-order valence-electron chi connectivity index (χ0n) is 10.1. The topological polar surface area (TPSA) is 21.3 Å². The van der Waals surface area contributed by atoms with E-state index in [1.165, 1.54) is 16.8 Å².